The van der Waals surface area contributed by atoms with E-state index in [1.54, 1.807) is 0 Å². The first-order valence-electron chi connectivity index (χ1n) is 2.97. The van der Waals surface area contributed by atoms with Gasteiger partial charge in [-0.15, -0.1) is 0 Å². The second-order valence-corrected chi connectivity index (χ2v) is 2.55. The van der Waals surface area contributed by atoms with Crippen LogP contribution in [0.3, 0.4) is 0 Å². The van der Waals surface area contributed by atoms with Gasteiger partial charge in [-0.05, 0) is 6.42 Å². The zero-order valence-corrected chi connectivity index (χ0v) is 9.99. The van der Waals surface area contributed by atoms with Gasteiger partial charge in [-0.2, -0.15) is 0 Å². The van der Waals surface area contributed by atoms with Gasteiger partial charge in [-0.3, -0.25) is 4.55 Å². The summed E-state index contributed by atoms with van der Waals surface area (Å²) < 4.78 is 32.8. The van der Waals surface area contributed by atoms with E-state index in [1.807, 2.05) is 0 Å². The summed E-state index contributed by atoms with van der Waals surface area (Å²) >= 11 is 0. The zero-order chi connectivity index (χ0) is 10.0. The van der Waals surface area contributed by atoms with Crippen LogP contribution in [0.2, 0.25) is 0 Å². The number of carbonyl (C=O) groups excluding carboxylic acids is 2. The Balaban J connectivity index is -0.000000150. The monoisotopic (exact) mass is 220 g/mol. The molecule has 0 aromatic carbocycles. The van der Waals surface area contributed by atoms with Gasteiger partial charge >= 0.3 is 29.6 Å². The molecule has 0 bridgehead atoms. The molecular formula is C5H9NaO6S. The van der Waals surface area contributed by atoms with Crippen LogP contribution in [-0.2, 0) is 20.0 Å². The molecule has 0 amide bonds. The van der Waals surface area contributed by atoms with Crippen LogP contribution in [0.5, 0.6) is 0 Å². The summed E-state index contributed by atoms with van der Waals surface area (Å²) in [6.45, 7) is 0. The van der Waals surface area contributed by atoms with Crippen molar-refractivity contribution in [2.75, 3.05) is 0 Å². The van der Waals surface area contributed by atoms with E-state index in [1.165, 1.54) is 0 Å². The van der Waals surface area contributed by atoms with Crippen molar-refractivity contribution in [3.63, 3.8) is 0 Å². The van der Waals surface area contributed by atoms with E-state index in [-0.39, 0.29) is 29.6 Å². The fraction of sp³-hybridized carbons (Fsp3) is 0.600. The summed E-state index contributed by atoms with van der Waals surface area (Å²) in [7, 11) is -4.92. The smallest absolute Gasteiger partial charge is 0.726 e. The summed E-state index contributed by atoms with van der Waals surface area (Å²) in [4.78, 5) is 19.1. The van der Waals surface area contributed by atoms with Crippen LogP contribution in [0.15, 0.2) is 0 Å². The Morgan fingerprint density at radius 2 is 1.38 bits per heavy atom. The predicted molar refractivity (Wildman–Crippen MR) is 38.3 cm³/mol. The van der Waals surface area contributed by atoms with Gasteiger partial charge in [-0.25, -0.2) is 8.42 Å². The van der Waals surface area contributed by atoms with Crippen molar-refractivity contribution < 1.29 is 56.7 Å². The number of carbonyl (C=O) groups is 2. The first-order chi connectivity index (χ1) is 5.41. The van der Waals surface area contributed by atoms with Crippen molar-refractivity contribution in [1.29, 1.82) is 0 Å². The first-order valence-corrected chi connectivity index (χ1v) is 4.34. The van der Waals surface area contributed by atoms with Gasteiger partial charge in [0, 0.05) is 12.8 Å². The van der Waals surface area contributed by atoms with E-state index in [9.17, 15) is 9.59 Å². The molecule has 0 aliphatic rings. The summed E-state index contributed by atoms with van der Waals surface area (Å²) in [5, 5.41) is 0. The van der Waals surface area contributed by atoms with E-state index < -0.39 is 10.4 Å². The molecule has 0 aliphatic heterocycles. The quantitative estimate of drug-likeness (QED) is 0.173. The van der Waals surface area contributed by atoms with E-state index in [0.717, 1.165) is 12.6 Å². The summed E-state index contributed by atoms with van der Waals surface area (Å²) in [6.07, 6.45) is 3.37. The zero-order valence-electron chi connectivity index (χ0n) is 7.17. The largest absolute Gasteiger partial charge is 1.00 e. The SMILES string of the molecule is O=CCCCC=O.O=S(=O)([O-])O.[Na+]. The fourth-order valence-electron chi connectivity index (χ4n) is 0.285. The third-order valence-corrected chi connectivity index (χ3v) is 0.644. The van der Waals surface area contributed by atoms with Crippen LogP contribution < -0.4 is 29.6 Å². The molecule has 0 atom stereocenters. The molecule has 8 heteroatoms. The molecule has 0 rings (SSSR count). The number of rotatable bonds is 4. The molecule has 0 saturated carbocycles. The maximum atomic E-state index is 9.56. The molecule has 72 valence electrons. The van der Waals surface area contributed by atoms with Gasteiger partial charge < -0.3 is 14.1 Å². The van der Waals surface area contributed by atoms with Crippen molar-refractivity contribution in [3.05, 3.63) is 0 Å². The second kappa shape index (κ2) is 12.2. The predicted octanol–water partition coefficient (Wildman–Crippen LogP) is -3.44. The van der Waals surface area contributed by atoms with Crippen molar-refractivity contribution in [2.24, 2.45) is 0 Å². The van der Waals surface area contributed by atoms with Crippen LogP contribution in [0.1, 0.15) is 19.3 Å². The minimum absolute atomic E-state index is 0. The average molecular weight is 220 g/mol. The normalized spacial score (nSPS) is 8.77. The molecule has 0 spiro atoms. The van der Waals surface area contributed by atoms with Gasteiger partial charge in [0.1, 0.15) is 12.6 Å². The average Bonchev–Trinajstić information content (AvgIpc) is 1.85. The fourth-order valence-corrected chi connectivity index (χ4v) is 0.285. The Kier molecular flexibility index (Phi) is 17.7. The maximum absolute atomic E-state index is 9.56. The van der Waals surface area contributed by atoms with Crippen molar-refractivity contribution >= 4 is 23.0 Å². The van der Waals surface area contributed by atoms with Gasteiger partial charge in [-0.1, -0.05) is 0 Å². The topological polar surface area (TPSA) is 112 Å². The van der Waals surface area contributed by atoms with Crippen LogP contribution >= 0.6 is 0 Å². The molecule has 0 aromatic heterocycles. The van der Waals surface area contributed by atoms with E-state index in [4.69, 9.17) is 17.5 Å². The van der Waals surface area contributed by atoms with Gasteiger partial charge in [0.25, 0.3) is 0 Å². The minimum Gasteiger partial charge on any atom is -0.726 e. The van der Waals surface area contributed by atoms with E-state index in [2.05, 4.69) is 0 Å². The van der Waals surface area contributed by atoms with E-state index >= 15 is 0 Å². The Hall–Kier alpha value is 0.210. The minimum atomic E-state index is -4.92. The molecule has 0 radical (unpaired) electrons. The number of aldehydes is 2. The Labute approximate surface area is 98.6 Å². The van der Waals surface area contributed by atoms with Crippen LogP contribution in [0.4, 0.5) is 0 Å². The Morgan fingerprint density at radius 3 is 1.54 bits per heavy atom. The van der Waals surface area contributed by atoms with Crippen LogP contribution in [0, 0.1) is 0 Å². The molecular weight excluding hydrogens is 211 g/mol. The number of unbranched alkanes of at least 4 members (excludes halogenated alkanes) is 2. The second-order valence-electron chi connectivity index (χ2n) is 1.69. The third kappa shape index (κ3) is 71.8. The van der Waals surface area contributed by atoms with Crippen molar-refractivity contribution in [1.82, 2.24) is 0 Å². The summed E-state index contributed by atoms with van der Waals surface area (Å²) in [6, 6.07) is 0. The van der Waals surface area contributed by atoms with E-state index in [0.29, 0.717) is 19.3 Å². The molecule has 6 nitrogen and oxygen atoms in total. The Bertz CT molecular complexity index is 195. The standard InChI is InChI=1S/C5H8O2.Na.H2O4S/c6-4-2-1-3-5-7;;1-5(2,3)4/h4-5H,1-3H2;;(H2,1,2,3,4)/q;+1;/p-1. The van der Waals surface area contributed by atoms with Gasteiger partial charge in [0.15, 0.2) is 0 Å². The van der Waals surface area contributed by atoms with Gasteiger partial charge in [0.05, 0.1) is 0 Å². The third-order valence-electron chi connectivity index (χ3n) is 0.644. The number of hydrogen-bond acceptors (Lipinski definition) is 5. The molecule has 0 aliphatic carbocycles. The van der Waals surface area contributed by atoms with Crippen LogP contribution in [-0.4, -0.2) is 30.1 Å². The van der Waals surface area contributed by atoms with Crippen molar-refractivity contribution in [3.8, 4) is 0 Å². The van der Waals surface area contributed by atoms with Crippen molar-refractivity contribution in [2.45, 2.75) is 19.3 Å². The molecule has 0 unspecified atom stereocenters. The van der Waals surface area contributed by atoms with Gasteiger partial charge in [0.2, 0.25) is 10.4 Å². The maximum Gasteiger partial charge on any atom is 1.00 e. The summed E-state index contributed by atoms with van der Waals surface area (Å²) in [5.74, 6) is 0. The van der Waals surface area contributed by atoms with Crippen LogP contribution in [0.25, 0.3) is 0 Å². The molecule has 0 aromatic rings. The summed E-state index contributed by atoms with van der Waals surface area (Å²) in [5.41, 5.74) is 0. The molecule has 0 saturated heterocycles. The molecule has 1 N–H and O–H groups in total. The Morgan fingerprint density at radius 1 is 1.15 bits per heavy atom. The molecule has 0 heterocycles. The molecule has 0 fully saturated rings. The first kappa shape index (κ1) is 18.9. The molecule has 13 heavy (non-hydrogen) atoms. The number of hydrogen-bond donors (Lipinski definition) is 1.